The van der Waals surface area contributed by atoms with Crippen molar-refractivity contribution in [1.82, 2.24) is 14.5 Å². The van der Waals surface area contributed by atoms with E-state index < -0.39 is 22.9 Å². The molecule has 160 valence electrons. The Labute approximate surface area is 172 Å². The molecular formula is C20H25N5O5. The Kier molecular flexibility index (Phi) is 6.48. The number of H-pyrrole nitrogens is 1. The molecule has 10 heteroatoms. The minimum Gasteiger partial charge on any atom is -0.384 e. The van der Waals surface area contributed by atoms with Gasteiger partial charge in [0, 0.05) is 25.3 Å². The summed E-state index contributed by atoms with van der Waals surface area (Å²) in [5.74, 6) is -1.12. The molecule has 0 atom stereocenters. The van der Waals surface area contributed by atoms with Crippen LogP contribution in [0, 0.1) is 0 Å². The van der Waals surface area contributed by atoms with Gasteiger partial charge < -0.3 is 16.2 Å². The van der Waals surface area contributed by atoms with E-state index in [4.69, 9.17) is 16.2 Å². The van der Waals surface area contributed by atoms with Gasteiger partial charge >= 0.3 is 5.69 Å². The normalized spacial score (nSPS) is 13.5. The molecule has 0 bridgehead atoms. The van der Waals surface area contributed by atoms with Crippen LogP contribution in [-0.4, -0.2) is 52.4 Å². The highest BCUT2D eigenvalue weighted by atomic mass is 16.5. The van der Waals surface area contributed by atoms with E-state index in [0.29, 0.717) is 12.1 Å². The number of amides is 1. The van der Waals surface area contributed by atoms with Crippen LogP contribution in [0.4, 0.5) is 5.82 Å². The minimum atomic E-state index is -0.794. The quantitative estimate of drug-likeness (QED) is 0.451. The van der Waals surface area contributed by atoms with E-state index in [1.807, 2.05) is 4.90 Å². The number of hydrogen-bond acceptors (Lipinski definition) is 7. The van der Waals surface area contributed by atoms with Gasteiger partial charge in [0.1, 0.15) is 11.4 Å². The number of aromatic nitrogens is 2. The molecule has 1 amide bonds. The lowest BCUT2D eigenvalue weighted by molar-refractivity contribution is 0.0917. The predicted molar refractivity (Wildman–Crippen MR) is 110 cm³/mol. The van der Waals surface area contributed by atoms with Gasteiger partial charge in [-0.2, -0.15) is 0 Å². The van der Waals surface area contributed by atoms with Crippen molar-refractivity contribution in [3.63, 3.8) is 0 Å². The number of nitrogens with zero attached hydrogens (tertiary/aromatic N) is 2. The molecule has 10 nitrogen and oxygen atoms in total. The van der Waals surface area contributed by atoms with Crippen LogP contribution in [0.3, 0.4) is 0 Å². The van der Waals surface area contributed by atoms with Gasteiger partial charge in [0.05, 0.1) is 19.7 Å². The standard InChI is InChI=1S/C20H25N5O5/c1-30-9-8-25-17(21)16(19(28)23-20(25)29)15(26)11-24(14-6-7-14)10-12-2-4-13(5-3-12)18(22)27/h2-5,14H,6-11,21H2,1H3,(H2,22,27)(H,23,28,29). The second-order valence-corrected chi connectivity index (χ2v) is 7.28. The highest BCUT2D eigenvalue weighted by molar-refractivity contribution is 6.01. The van der Waals surface area contributed by atoms with Gasteiger partial charge in [0.15, 0.2) is 5.78 Å². The molecule has 1 aromatic carbocycles. The van der Waals surface area contributed by atoms with Gasteiger partial charge in [-0.3, -0.25) is 28.8 Å². The fourth-order valence-corrected chi connectivity index (χ4v) is 3.29. The lowest BCUT2D eigenvalue weighted by atomic mass is 10.1. The van der Waals surface area contributed by atoms with Crippen LogP contribution < -0.4 is 22.7 Å². The van der Waals surface area contributed by atoms with Gasteiger partial charge in [-0.05, 0) is 30.5 Å². The second kappa shape index (κ2) is 9.06. The van der Waals surface area contributed by atoms with E-state index in [9.17, 15) is 19.2 Å². The summed E-state index contributed by atoms with van der Waals surface area (Å²) < 4.78 is 6.08. The van der Waals surface area contributed by atoms with Gasteiger partial charge in [-0.15, -0.1) is 0 Å². The molecule has 0 aliphatic heterocycles. The lowest BCUT2D eigenvalue weighted by Gasteiger charge is -2.22. The minimum absolute atomic E-state index is 0.0159. The van der Waals surface area contributed by atoms with E-state index in [1.54, 1.807) is 24.3 Å². The zero-order valence-corrected chi connectivity index (χ0v) is 16.7. The number of ketones is 1. The van der Waals surface area contributed by atoms with E-state index in [2.05, 4.69) is 4.98 Å². The third kappa shape index (κ3) is 4.84. The van der Waals surface area contributed by atoms with Gasteiger partial charge in [0.25, 0.3) is 5.56 Å². The van der Waals surface area contributed by atoms with Crippen LogP contribution in [0.5, 0.6) is 0 Å². The van der Waals surface area contributed by atoms with Crippen LogP contribution in [0.25, 0.3) is 0 Å². The van der Waals surface area contributed by atoms with Gasteiger partial charge in [0.2, 0.25) is 5.91 Å². The number of primary amides is 1. The van der Waals surface area contributed by atoms with Crippen molar-refractivity contribution in [1.29, 1.82) is 0 Å². The first-order valence-electron chi connectivity index (χ1n) is 9.59. The van der Waals surface area contributed by atoms with Crippen molar-refractivity contribution in [2.24, 2.45) is 5.73 Å². The average molecular weight is 415 g/mol. The number of methoxy groups -OCH3 is 1. The third-order valence-corrected chi connectivity index (χ3v) is 5.07. The van der Waals surface area contributed by atoms with Crippen molar-refractivity contribution in [2.45, 2.75) is 32.0 Å². The second-order valence-electron chi connectivity index (χ2n) is 7.28. The molecule has 0 unspecified atom stereocenters. The average Bonchev–Trinajstić information content (AvgIpc) is 3.53. The first-order valence-corrected chi connectivity index (χ1v) is 9.59. The molecule has 1 aliphatic carbocycles. The number of carbonyl (C=O) groups excluding carboxylic acids is 2. The van der Waals surface area contributed by atoms with E-state index in [-0.39, 0.29) is 37.1 Å². The maximum absolute atomic E-state index is 13.0. The molecule has 1 heterocycles. The molecule has 5 N–H and O–H groups in total. The van der Waals surface area contributed by atoms with Crippen molar-refractivity contribution in [3.8, 4) is 0 Å². The highest BCUT2D eigenvalue weighted by Crippen LogP contribution is 2.28. The number of Topliss-reactive ketones (excluding diaryl/α,β-unsaturated/α-hetero) is 1. The number of anilines is 1. The molecule has 1 fully saturated rings. The molecule has 0 spiro atoms. The topological polar surface area (TPSA) is 154 Å². The number of nitrogens with one attached hydrogen (secondary N) is 1. The molecule has 1 saturated carbocycles. The number of carbonyl (C=O) groups is 2. The summed E-state index contributed by atoms with van der Waals surface area (Å²) in [4.78, 5) is 52.6. The molecule has 0 radical (unpaired) electrons. The number of benzene rings is 1. The fourth-order valence-electron chi connectivity index (χ4n) is 3.29. The molecule has 30 heavy (non-hydrogen) atoms. The smallest absolute Gasteiger partial charge is 0.330 e. The lowest BCUT2D eigenvalue weighted by Crippen LogP contribution is -2.40. The van der Waals surface area contributed by atoms with E-state index in [1.165, 1.54) is 7.11 Å². The van der Waals surface area contributed by atoms with Crippen LogP contribution in [0.1, 0.15) is 39.1 Å². The fraction of sp³-hybridized carbons (Fsp3) is 0.400. The summed E-state index contributed by atoms with van der Waals surface area (Å²) in [6, 6.07) is 7.07. The Balaban J connectivity index is 1.81. The Morgan fingerprint density at radius 2 is 1.90 bits per heavy atom. The van der Waals surface area contributed by atoms with E-state index in [0.717, 1.165) is 23.0 Å². The summed E-state index contributed by atoms with van der Waals surface area (Å²) in [5, 5.41) is 0. The van der Waals surface area contributed by atoms with Crippen LogP contribution in [0.2, 0.25) is 0 Å². The number of ether oxygens (including phenoxy) is 1. The first kappa shape index (κ1) is 21.5. The van der Waals surface area contributed by atoms with Crippen LogP contribution in [-0.2, 0) is 17.8 Å². The summed E-state index contributed by atoms with van der Waals surface area (Å²) in [6.45, 7) is 0.782. The first-order chi connectivity index (χ1) is 14.3. The maximum Gasteiger partial charge on any atom is 0.330 e. The van der Waals surface area contributed by atoms with Crippen molar-refractivity contribution in [2.75, 3.05) is 26.0 Å². The maximum atomic E-state index is 13.0. The Morgan fingerprint density at radius 1 is 1.23 bits per heavy atom. The van der Waals surface area contributed by atoms with E-state index >= 15 is 0 Å². The summed E-state index contributed by atoms with van der Waals surface area (Å²) in [6.07, 6.45) is 1.90. The van der Waals surface area contributed by atoms with Gasteiger partial charge in [-0.1, -0.05) is 12.1 Å². The molecule has 1 aliphatic rings. The van der Waals surface area contributed by atoms with Crippen molar-refractivity contribution >= 4 is 17.5 Å². The zero-order valence-electron chi connectivity index (χ0n) is 16.7. The summed E-state index contributed by atoms with van der Waals surface area (Å²) in [5.41, 5.74) is 10.9. The molecular weight excluding hydrogens is 390 g/mol. The third-order valence-electron chi connectivity index (χ3n) is 5.07. The monoisotopic (exact) mass is 415 g/mol. The summed E-state index contributed by atoms with van der Waals surface area (Å²) >= 11 is 0. The number of hydrogen-bond donors (Lipinski definition) is 3. The Bertz CT molecular complexity index is 1050. The van der Waals surface area contributed by atoms with Crippen molar-refractivity contribution in [3.05, 3.63) is 61.8 Å². The van der Waals surface area contributed by atoms with Crippen LogP contribution in [0.15, 0.2) is 33.9 Å². The SMILES string of the molecule is COCCn1c(N)c(C(=O)CN(Cc2ccc(C(N)=O)cc2)C2CC2)c(=O)[nH]c1=O. The van der Waals surface area contributed by atoms with Crippen LogP contribution >= 0.6 is 0 Å². The molecule has 1 aromatic heterocycles. The Hall–Kier alpha value is -3.24. The predicted octanol–water partition coefficient (Wildman–Crippen LogP) is -0.289. The summed E-state index contributed by atoms with van der Waals surface area (Å²) in [7, 11) is 1.47. The number of nitrogen functional groups attached to an aromatic ring is 1. The Morgan fingerprint density at radius 3 is 2.47 bits per heavy atom. The number of aromatic amines is 1. The number of rotatable bonds is 10. The largest absolute Gasteiger partial charge is 0.384 e. The van der Waals surface area contributed by atoms with Crippen molar-refractivity contribution < 1.29 is 14.3 Å². The zero-order chi connectivity index (χ0) is 21.8. The number of nitrogens with two attached hydrogens (primary N) is 2. The molecule has 3 rings (SSSR count). The molecule has 0 saturated heterocycles. The highest BCUT2D eigenvalue weighted by Gasteiger charge is 2.32. The molecule has 2 aromatic rings. The van der Waals surface area contributed by atoms with Gasteiger partial charge in [-0.25, -0.2) is 4.79 Å².